The van der Waals surface area contributed by atoms with E-state index in [-0.39, 0.29) is 11.3 Å². The third-order valence-electron chi connectivity index (χ3n) is 6.58. The van der Waals surface area contributed by atoms with Gasteiger partial charge < -0.3 is 30.1 Å². The molecule has 4 rings (SSSR count). The Kier molecular flexibility index (Phi) is 8.16. The Balaban J connectivity index is 1.68. The first-order valence-corrected chi connectivity index (χ1v) is 12.7. The first-order chi connectivity index (χ1) is 19.1. The predicted octanol–water partition coefficient (Wildman–Crippen LogP) is 3.44. The molecule has 12 nitrogen and oxygen atoms in total. The van der Waals surface area contributed by atoms with Crippen LogP contribution in [-0.4, -0.2) is 78.6 Å². The molecule has 0 unspecified atom stereocenters. The summed E-state index contributed by atoms with van der Waals surface area (Å²) < 4.78 is 5.70. The number of fused-ring (bicyclic) bond motifs is 1. The van der Waals surface area contributed by atoms with Gasteiger partial charge in [-0.15, -0.1) is 0 Å². The van der Waals surface area contributed by atoms with E-state index in [0.29, 0.717) is 41.3 Å². The molecule has 1 aromatic carbocycles. The zero-order valence-corrected chi connectivity index (χ0v) is 23.7. The topological polar surface area (TPSA) is 135 Å². The molecule has 40 heavy (non-hydrogen) atoms. The number of benzene rings is 1. The molecule has 0 spiro atoms. The number of anilines is 6. The zero-order valence-electron chi connectivity index (χ0n) is 23.7. The molecule has 1 aliphatic heterocycles. The van der Waals surface area contributed by atoms with Crippen LogP contribution in [0, 0.1) is 11.3 Å². The Bertz CT molecular complexity index is 1460. The summed E-state index contributed by atoms with van der Waals surface area (Å²) >= 11 is 0. The highest BCUT2D eigenvalue weighted by molar-refractivity contribution is 6.02. The number of rotatable bonds is 10. The maximum Gasteiger partial charge on any atom is 0.247 e. The first kappa shape index (κ1) is 28.3. The van der Waals surface area contributed by atoms with E-state index in [4.69, 9.17) is 4.74 Å². The van der Waals surface area contributed by atoms with Crippen molar-refractivity contribution in [2.75, 3.05) is 68.3 Å². The standard InChI is InChI=1S/C28H34N10O2/c1-8-24(39)33-19-13-20(23(40-7)14-22(19)37(6)12-11-36(4)5)34-26-30-17-31-27(35-26)38-16-28(2,3)25-21(38)10-9-18(15-29)32-25/h8-10,13-14,17H,1,11-12,16H2,2-7H3,(H,33,39)(H,30,31,34,35). The van der Waals surface area contributed by atoms with Crippen molar-refractivity contribution < 1.29 is 9.53 Å². The Labute approximate surface area is 234 Å². The number of nitrogens with one attached hydrogen (secondary N) is 2. The van der Waals surface area contributed by atoms with Crippen LogP contribution in [-0.2, 0) is 10.2 Å². The molecule has 2 N–H and O–H groups in total. The van der Waals surface area contributed by atoms with Gasteiger partial charge in [0.15, 0.2) is 0 Å². The van der Waals surface area contributed by atoms with Crippen molar-refractivity contribution in [3.63, 3.8) is 0 Å². The van der Waals surface area contributed by atoms with E-state index in [1.165, 1.54) is 12.4 Å². The summed E-state index contributed by atoms with van der Waals surface area (Å²) in [5, 5.41) is 15.4. The summed E-state index contributed by atoms with van der Waals surface area (Å²) in [6.45, 7) is 9.86. The number of likely N-dealkylation sites (N-methyl/N-ethyl adjacent to an activating group) is 2. The average Bonchev–Trinajstić information content (AvgIpc) is 3.21. The largest absolute Gasteiger partial charge is 0.494 e. The summed E-state index contributed by atoms with van der Waals surface area (Å²) in [6.07, 6.45) is 2.66. The second-order valence-corrected chi connectivity index (χ2v) is 10.4. The van der Waals surface area contributed by atoms with Crippen molar-refractivity contribution in [1.82, 2.24) is 24.8 Å². The molecular formula is C28H34N10O2. The lowest BCUT2D eigenvalue weighted by Crippen LogP contribution is -2.29. The van der Waals surface area contributed by atoms with Crippen molar-refractivity contribution in [2.45, 2.75) is 19.3 Å². The second kappa shape index (κ2) is 11.5. The van der Waals surface area contributed by atoms with Crippen LogP contribution in [0.5, 0.6) is 5.75 Å². The van der Waals surface area contributed by atoms with Crippen LogP contribution in [0.15, 0.2) is 43.2 Å². The number of ether oxygens (including phenoxy) is 1. The van der Waals surface area contributed by atoms with Crippen molar-refractivity contribution >= 4 is 40.6 Å². The van der Waals surface area contributed by atoms with Gasteiger partial charge in [-0.05, 0) is 38.4 Å². The van der Waals surface area contributed by atoms with Gasteiger partial charge >= 0.3 is 0 Å². The maximum atomic E-state index is 12.3. The smallest absolute Gasteiger partial charge is 0.247 e. The quantitative estimate of drug-likeness (QED) is 0.365. The summed E-state index contributed by atoms with van der Waals surface area (Å²) in [4.78, 5) is 36.3. The molecule has 0 aliphatic carbocycles. The number of hydrogen-bond acceptors (Lipinski definition) is 11. The molecule has 208 valence electrons. The molecule has 0 saturated carbocycles. The van der Waals surface area contributed by atoms with Crippen LogP contribution in [0.25, 0.3) is 0 Å². The highest BCUT2D eigenvalue weighted by atomic mass is 16.5. The number of methoxy groups -OCH3 is 1. The number of carbonyl (C=O) groups is 1. The molecule has 0 fully saturated rings. The third-order valence-corrected chi connectivity index (χ3v) is 6.58. The lowest BCUT2D eigenvalue weighted by molar-refractivity contribution is -0.111. The molecule has 2 aromatic heterocycles. The van der Waals surface area contributed by atoms with Gasteiger partial charge in [0.05, 0.1) is 35.6 Å². The monoisotopic (exact) mass is 542 g/mol. The van der Waals surface area contributed by atoms with Crippen LogP contribution < -0.4 is 25.2 Å². The van der Waals surface area contributed by atoms with E-state index in [0.717, 1.165) is 30.2 Å². The molecule has 12 heteroatoms. The summed E-state index contributed by atoms with van der Waals surface area (Å²) in [6, 6.07) is 9.31. The summed E-state index contributed by atoms with van der Waals surface area (Å²) in [5.41, 5.74) is 3.66. The number of pyridine rings is 1. The van der Waals surface area contributed by atoms with Gasteiger partial charge in [0.25, 0.3) is 0 Å². The van der Waals surface area contributed by atoms with Crippen LogP contribution >= 0.6 is 0 Å². The highest BCUT2D eigenvalue weighted by Gasteiger charge is 2.38. The Morgan fingerprint density at radius 2 is 1.98 bits per heavy atom. The number of amides is 1. The Morgan fingerprint density at radius 3 is 2.65 bits per heavy atom. The van der Waals surface area contributed by atoms with Crippen molar-refractivity contribution in [1.29, 1.82) is 5.26 Å². The van der Waals surface area contributed by atoms with Gasteiger partial charge in [0.2, 0.25) is 17.8 Å². The van der Waals surface area contributed by atoms with E-state index < -0.39 is 0 Å². The van der Waals surface area contributed by atoms with Crippen molar-refractivity contribution in [3.8, 4) is 11.8 Å². The Hall–Kier alpha value is -4.76. The van der Waals surface area contributed by atoms with E-state index in [1.54, 1.807) is 19.2 Å². The number of nitrogens with zero attached hydrogens (tertiary/aromatic N) is 8. The van der Waals surface area contributed by atoms with Crippen LogP contribution in [0.1, 0.15) is 25.2 Å². The van der Waals surface area contributed by atoms with Gasteiger partial charge in [-0.25, -0.2) is 15.0 Å². The predicted molar refractivity (Wildman–Crippen MR) is 156 cm³/mol. The molecule has 1 amide bonds. The number of nitriles is 1. The van der Waals surface area contributed by atoms with Gasteiger partial charge in [0.1, 0.15) is 23.8 Å². The zero-order chi connectivity index (χ0) is 29.0. The fraction of sp³-hybridized carbons (Fsp3) is 0.357. The van der Waals surface area contributed by atoms with Crippen molar-refractivity contribution in [2.24, 2.45) is 0 Å². The molecule has 3 heterocycles. The van der Waals surface area contributed by atoms with Crippen LogP contribution in [0.3, 0.4) is 0 Å². The molecule has 1 aliphatic rings. The Morgan fingerprint density at radius 1 is 1.20 bits per heavy atom. The van der Waals surface area contributed by atoms with E-state index in [9.17, 15) is 10.1 Å². The molecule has 0 saturated heterocycles. The van der Waals surface area contributed by atoms with E-state index in [2.05, 4.69) is 62.0 Å². The number of hydrogen-bond donors (Lipinski definition) is 2. The molecule has 0 bridgehead atoms. The summed E-state index contributed by atoms with van der Waals surface area (Å²) in [5.74, 6) is 0.955. The van der Waals surface area contributed by atoms with Crippen LogP contribution in [0.4, 0.5) is 34.6 Å². The molecular weight excluding hydrogens is 508 g/mol. The molecule has 0 radical (unpaired) electrons. The minimum absolute atomic E-state index is 0.297. The first-order valence-electron chi connectivity index (χ1n) is 12.7. The average molecular weight is 543 g/mol. The van der Waals surface area contributed by atoms with Crippen molar-refractivity contribution in [3.05, 3.63) is 54.6 Å². The number of aromatic nitrogens is 4. The summed E-state index contributed by atoms with van der Waals surface area (Å²) in [7, 11) is 7.55. The minimum Gasteiger partial charge on any atom is -0.494 e. The number of carbonyl (C=O) groups excluding carboxylic acids is 1. The molecule has 3 aromatic rings. The fourth-order valence-electron chi connectivity index (χ4n) is 4.47. The van der Waals surface area contributed by atoms with Gasteiger partial charge in [-0.2, -0.15) is 10.2 Å². The maximum absolute atomic E-state index is 12.3. The molecule has 0 atom stereocenters. The van der Waals surface area contributed by atoms with Gasteiger partial charge in [0, 0.05) is 38.2 Å². The van der Waals surface area contributed by atoms with Crippen LogP contribution in [0.2, 0.25) is 0 Å². The highest BCUT2D eigenvalue weighted by Crippen LogP contribution is 2.42. The van der Waals surface area contributed by atoms with E-state index in [1.807, 2.05) is 43.1 Å². The lowest BCUT2D eigenvalue weighted by atomic mass is 9.91. The SMILES string of the molecule is C=CC(=O)Nc1cc(Nc2ncnc(N3CC(C)(C)c4nc(C#N)ccc43)n2)c(OC)cc1N(C)CCN(C)C. The third kappa shape index (κ3) is 5.94. The van der Waals surface area contributed by atoms with Gasteiger partial charge in [-0.1, -0.05) is 20.4 Å². The van der Waals surface area contributed by atoms with Gasteiger partial charge in [-0.3, -0.25) is 4.79 Å². The second-order valence-electron chi connectivity index (χ2n) is 10.4. The van der Waals surface area contributed by atoms with E-state index >= 15 is 0 Å². The minimum atomic E-state index is -0.329. The lowest BCUT2D eigenvalue weighted by Gasteiger charge is -2.26. The fourth-order valence-corrected chi connectivity index (χ4v) is 4.47. The normalized spacial score (nSPS) is 13.4.